The molecule has 1 fully saturated rings. The summed E-state index contributed by atoms with van der Waals surface area (Å²) in [5.41, 5.74) is 3.32. The average Bonchev–Trinajstić information content (AvgIpc) is 3.15. The maximum absolute atomic E-state index is 14.3. The molecule has 32 heavy (non-hydrogen) atoms. The fraction of sp³-hybridized carbons (Fsp3) is 0.231. The largest absolute Gasteiger partial charge is 0.439 e. The normalized spacial score (nSPS) is 17.8. The van der Waals surface area contributed by atoms with Gasteiger partial charge in [0.05, 0.1) is 0 Å². The number of hydrogen-bond acceptors (Lipinski definition) is 3. The molecule has 4 nitrogen and oxygen atoms in total. The van der Waals surface area contributed by atoms with Gasteiger partial charge < -0.3 is 10.1 Å². The molecule has 3 aromatic rings. The number of cyclic esters (lactones) is 1. The number of nitrogens with zero attached hydrogens (tertiary/aromatic N) is 1. The van der Waals surface area contributed by atoms with Crippen molar-refractivity contribution >= 4 is 6.09 Å². The topological polar surface area (TPSA) is 51.2 Å². The minimum atomic E-state index is -1.02. The van der Waals surface area contributed by atoms with Crippen molar-refractivity contribution in [1.82, 2.24) is 10.3 Å². The molecule has 0 aliphatic carbocycles. The quantitative estimate of drug-likeness (QED) is 0.538. The Bertz CT molecular complexity index is 1220. The predicted molar refractivity (Wildman–Crippen MR) is 117 cm³/mol. The summed E-state index contributed by atoms with van der Waals surface area (Å²) < 4.78 is 33.2. The third-order valence-electron chi connectivity index (χ3n) is 5.30. The van der Waals surface area contributed by atoms with Gasteiger partial charge in [0.1, 0.15) is 17.7 Å². The van der Waals surface area contributed by atoms with Crippen LogP contribution in [0.25, 0.3) is 0 Å². The number of hydrogen-bond donors (Lipinski definition) is 1. The highest BCUT2D eigenvalue weighted by molar-refractivity contribution is 5.71. The van der Waals surface area contributed by atoms with E-state index in [1.54, 1.807) is 18.5 Å². The minimum Gasteiger partial charge on any atom is -0.439 e. The molecule has 2 heterocycles. The Labute approximate surface area is 185 Å². The molecular weight excluding hydrogens is 410 g/mol. The molecule has 1 aliphatic heterocycles. The molecule has 1 amide bonds. The molecule has 0 saturated carbocycles. The fourth-order valence-corrected chi connectivity index (χ4v) is 3.55. The Kier molecular flexibility index (Phi) is 5.67. The van der Waals surface area contributed by atoms with Gasteiger partial charge in [-0.25, -0.2) is 13.6 Å². The van der Waals surface area contributed by atoms with Crippen molar-refractivity contribution < 1.29 is 18.3 Å². The Morgan fingerprint density at radius 2 is 1.69 bits per heavy atom. The van der Waals surface area contributed by atoms with Crippen LogP contribution in [0.15, 0.2) is 60.9 Å². The SMILES string of the molecule is CC(C)(C)c1ccc(C#Cc2cncc([C@H]3NC(=O)OC3c3cc(F)ccc3F)c2)cc1. The number of aromatic nitrogens is 1. The Morgan fingerprint density at radius 3 is 2.41 bits per heavy atom. The van der Waals surface area contributed by atoms with E-state index in [-0.39, 0.29) is 11.0 Å². The lowest BCUT2D eigenvalue weighted by molar-refractivity contribution is 0.130. The van der Waals surface area contributed by atoms with Gasteiger partial charge in [-0.15, -0.1) is 0 Å². The molecule has 1 aromatic heterocycles. The second kappa shape index (κ2) is 8.43. The second-order valence-corrected chi connectivity index (χ2v) is 8.70. The number of ether oxygens (including phenoxy) is 1. The highest BCUT2D eigenvalue weighted by Crippen LogP contribution is 2.38. The summed E-state index contributed by atoms with van der Waals surface area (Å²) in [6.45, 7) is 6.46. The van der Waals surface area contributed by atoms with Crippen LogP contribution in [0, 0.1) is 23.5 Å². The molecule has 0 radical (unpaired) electrons. The van der Waals surface area contributed by atoms with E-state index in [2.05, 4.69) is 55.0 Å². The number of benzene rings is 2. The van der Waals surface area contributed by atoms with Crippen molar-refractivity contribution in [2.45, 2.75) is 38.3 Å². The molecule has 1 saturated heterocycles. The van der Waals surface area contributed by atoms with Gasteiger partial charge in [-0.05, 0) is 52.9 Å². The lowest BCUT2D eigenvalue weighted by Gasteiger charge is -2.18. The van der Waals surface area contributed by atoms with Crippen molar-refractivity contribution in [1.29, 1.82) is 0 Å². The van der Waals surface area contributed by atoms with Crippen molar-refractivity contribution in [2.75, 3.05) is 0 Å². The van der Waals surface area contributed by atoms with Gasteiger partial charge in [-0.1, -0.05) is 44.7 Å². The number of nitrogens with one attached hydrogen (secondary N) is 1. The van der Waals surface area contributed by atoms with Gasteiger partial charge in [-0.2, -0.15) is 0 Å². The molecule has 1 aliphatic rings. The van der Waals surface area contributed by atoms with E-state index in [1.807, 2.05) is 12.1 Å². The first-order valence-electron chi connectivity index (χ1n) is 10.2. The average molecular weight is 432 g/mol. The number of carbonyl (C=O) groups excluding carboxylic acids is 1. The van der Waals surface area contributed by atoms with Gasteiger partial charge in [0, 0.05) is 29.1 Å². The zero-order chi connectivity index (χ0) is 22.9. The summed E-state index contributed by atoms with van der Waals surface area (Å²) in [6, 6.07) is 12.2. The molecule has 2 atom stereocenters. The first kappa shape index (κ1) is 21.5. The number of amides is 1. The van der Waals surface area contributed by atoms with E-state index in [4.69, 9.17) is 4.74 Å². The summed E-state index contributed by atoms with van der Waals surface area (Å²) in [5, 5.41) is 2.65. The summed E-state index contributed by atoms with van der Waals surface area (Å²) in [7, 11) is 0. The highest BCUT2D eigenvalue weighted by atomic mass is 19.1. The number of alkyl carbamates (subject to hydrolysis) is 1. The zero-order valence-electron chi connectivity index (χ0n) is 17.9. The molecule has 4 rings (SSSR count). The van der Waals surface area contributed by atoms with Gasteiger partial charge in [0.25, 0.3) is 0 Å². The monoisotopic (exact) mass is 432 g/mol. The zero-order valence-corrected chi connectivity index (χ0v) is 17.9. The first-order chi connectivity index (χ1) is 15.2. The third-order valence-corrected chi connectivity index (χ3v) is 5.30. The predicted octanol–water partition coefficient (Wildman–Crippen LogP) is 5.58. The van der Waals surface area contributed by atoms with Crippen LogP contribution in [0.4, 0.5) is 13.6 Å². The van der Waals surface area contributed by atoms with Crippen molar-refractivity contribution in [3.8, 4) is 11.8 Å². The fourth-order valence-electron chi connectivity index (χ4n) is 3.55. The van der Waals surface area contributed by atoms with Crippen LogP contribution in [0.1, 0.15) is 60.7 Å². The van der Waals surface area contributed by atoms with Crippen LogP contribution < -0.4 is 5.32 Å². The molecule has 6 heteroatoms. The number of rotatable bonds is 2. The van der Waals surface area contributed by atoms with E-state index in [9.17, 15) is 13.6 Å². The summed E-state index contributed by atoms with van der Waals surface area (Å²) in [6.07, 6.45) is 1.43. The van der Waals surface area contributed by atoms with E-state index in [0.29, 0.717) is 11.1 Å². The van der Waals surface area contributed by atoms with Crippen LogP contribution in [0.2, 0.25) is 0 Å². The number of carbonyl (C=O) groups is 1. The van der Waals surface area contributed by atoms with Crippen LogP contribution in [-0.4, -0.2) is 11.1 Å². The van der Waals surface area contributed by atoms with Gasteiger partial charge in [0.2, 0.25) is 0 Å². The van der Waals surface area contributed by atoms with Crippen LogP contribution in [0.3, 0.4) is 0 Å². The second-order valence-electron chi connectivity index (χ2n) is 8.70. The minimum absolute atomic E-state index is 0.0382. The lowest BCUT2D eigenvalue weighted by atomic mass is 9.87. The van der Waals surface area contributed by atoms with Crippen molar-refractivity contribution in [3.05, 3.63) is 100 Å². The van der Waals surface area contributed by atoms with Crippen molar-refractivity contribution in [2.24, 2.45) is 0 Å². The summed E-state index contributed by atoms with van der Waals surface area (Å²) in [5.74, 6) is 4.91. The Balaban J connectivity index is 1.61. The van der Waals surface area contributed by atoms with E-state index >= 15 is 0 Å². The maximum atomic E-state index is 14.3. The molecular formula is C26H22F2N2O2. The van der Waals surface area contributed by atoms with Gasteiger partial charge in [0.15, 0.2) is 6.10 Å². The highest BCUT2D eigenvalue weighted by Gasteiger charge is 2.38. The maximum Gasteiger partial charge on any atom is 0.408 e. The lowest BCUT2D eigenvalue weighted by Crippen LogP contribution is -2.20. The molecule has 1 unspecified atom stereocenters. The molecule has 1 N–H and O–H groups in total. The van der Waals surface area contributed by atoms with E-state index < -0.39 is 29.9 Å². The number of pyridine rings is 1. The van der Waals surface area contributed by atoms with Crippen LogP contribution in [0.5, 0.6) is 0 Å². The van der Waals surface area contributed by atoms with Gasteiger partial charge >= 0.3 is 6.09 Å². The van der Waals surface area contributed by atoms with E-state index in [0.717, 1.165) is 23.8 Å². The number of halogens is 2. The molecule has 0 spiro atoms. The Morgan fingerprint density at radius 1 is 0.969 bits per heavy atom. The molecule has 162 valence electrons. The molecule has 2 aromatic carbocycles. The Hall–Kier alpha value is -3.72. The van der Waals surface area contributed by atoms with Gasteiger partial charge in [-0.3, -0.25) is 4.98 Å². The molecule has 0 bridgehead atoms. The standard InChI is InChI=1S/C26H22F2N2O2/c1-26(2,3)19-8-6-16(7-9-19)4-5-17-12-18(15-29-14-17)23-24(32-25(31)30-23)21-13-20(27)10-11-22(21)28/h6-15,23-24H,1-3H3,(H,30,31)/t23-,24?/m1/s1. The van der Waals surface area contributed by atoms with Crippen LogP contribution in [-0.2, 0) is 10.2 Å². The first-order valence-corrected chi connectivity index (χ1v) is 10.2. The summed E-state index contributed by atoms with van der Waals surface area (Å²) in [4.78, 5) is 16.1. The van der Waals surface area contributed by atoms with Crippen LogP contribution >= 0.6 is 0 Å². The smallest absolute Gasteiger partial charge is 0.408 e. The third kappa shape index (κ3) is 4.62. The summed E-state index contributed by atoms with van der Waals surface area (Å²) >= 11 is 0. The van der Waals surface area contributed by atoms with E-state index in [1.165, 1.54) is 5.56 Å². The van der Waals surface area contributed by atoms with Crippen molar-refractivity contribution in [3.63, 3.8) is 0 Å².